The van der Waals surface area contributed by atoms with Crippen molar-refractivity contribution in [2.75, 3.05) is 37.9 Å². The number of nitrogens with zero attached hydrogens (tertiary/aromatic N) is 1. The van der Waals surface area contributed by atoms with Crippen molar-refractivity contribution in [2.45, 2.75) is 6.92 Å². The van der Waals surface area contributed by atoms with Gasteiger partial charge in [0.15, 0.2) is 5.82 Å². The number of ether oxygens (including phenoxy) is 2. The molecule has 0 aromatic carbocycles. The van der Waals surface area contributed by atoms with E-state index in [2.05, 4.69) is 14.4 Å². The summed E-state index contributed by atoms with van der Waals surface area (Å²) in [5, 5.41) is 3.65. The fourth-order valence-electron chi connectivity index (χ4n) is 1.10. The number of nitrogens with one attached hydrogen (secondary N) is 1. The van der Waals surface area contributed by atoms with Crippen LogP contribution in [0.25, 0.3) is 0 Å². The smallest absolute Gasteiger partial charge is 0.344 e. The van der Waals surface area contributed by atoms with Gasteiger partial charge in [0.1, 0.15) is 10.6 Å². The largest absolute Gasteiger partial charge is 0.465 e. The lowest BCUT2D eigenvalue weighted by atomic mass is 10.3. The first-order valence-electron chi connectivity index (χ1n) is 4.85. The van der Waals surface area contributed by atoms with E-state index in [0.717, 1.165) is 11.5 Å². The SMILES string of the molecule is CCOCCNc1snc(N)c1C(=O)OC. The van der Waals surface area contributed by atoms with Crippen molar-refractivity contribution in [1.82, 2.24) is 4.37 Å². The van der Waals surface area contributed by atoms with E-state index in [0.29, 0.717) is 30.3 Å². The summed E-state index contributed by atoms with van der Waals surface area (Å²) < 4.78 is 13.7. The van der Waals surface area contributed by atoms with Gasteiger partial charge in [-0.1, -0.05) is 0 Å². The summed E-state index contributed by atoms with van der Waals surface area (Å²) in [7, 11) is 1.31. The summed E-state index contributed by atoms with van der Waals surface area (Å²) in [5.41, 5.74) is 5.87. The standard InChI is InChI=1S/C9H15N3O3S/c1-3-15-5-4-11-8-6(9(13)14-2)7(10)12-16-8/h11H,3-5H2,1-2H3,(H2,10,12). The second kappa shape index (κ2) is 6.29. The van der Waals surface area contributed by atoms with E-state index in [-0.39, 0.29) is 5.82 Å². The van der Waals surface area contributed by atoms with Gasteiger partial charge in [-0.05, 0) is 18.5 Å². The zero-order chi connectivity index (χ0) is 12.0. The first-order valence-corrected chi connectivity index (χ1v) is 5.63. The van der Waals surface area contributed by atoms with Gasteiger partial charge in [-0.25, -0.2) is 4.79 Å². The van der Waals surface area contributed by atoms with E-state index in [4.69, 9.17) is 10.5 Å². The average Bonchev–Trinajstić information content (AvgIpc) is 2.65. The van der Waals surface area contributed by atoms with Crippen molar-refractivity contribution in [2.24, 2.45) is 0 Å². The fourth-order valence-corrected chi connectivity index (χ4v) is 1.83. The Labute approximate surface area is 97.9 Å². The average molecular weight is 245 g/mol. The van der Waals surface area contributed by atoms with Crippen LogP contribution in [0.4, 0.5) is 10.8 Å². The predicted octanol–water partition coefficient (Wildman–Crippen LogP) is 0.960. The number of nitrogens with two attached hydrogens (primary N) is 1. The molecule has 0 bridgehead atoms. The lowest BCUT2D eigenvalue weighted by molar-refractivity contribution is 0.0603. The number of aromatic nitrogens is 1. The zero-order valence-electron chi connectivity index (χ0n) is 9.28. The molecule has 0 atom stereocenters. The van der Waals surface area contributed by atoms with E-state index in [1.165, 1.54) is 7.11 Å². The van der Waals surface area contributed by atoms with Gasteiger partial charge >= 0.3 is 5.97 Å². The van der Waals surface area contributed by atoms with Crippen LogP contribution in [0.1, 0.15) is 17.3 Å². The van der Waals surface area contributed by atoms with Crippen molar-refractivity contribution >= 4 is 28.3 Å². The van der Waals surface area contributed by atoms with Crippen molar-refractivity contribution in [3.05, 3.63) is 5.56 Å². The molecule has 0 saturated carbocycles. The minimum absolute atomic E-state index is 0.191. The van der Waals surface area contributed by atoms with Crippen LogP contribution < -0.4 is 11.1 Å². The molecule has 0 aliphatic heterocycles. The number of hydrogen-bond acceptors (Lipinski definition) is 7. The van der Waals surface area contributed by atoms with Gasteiger partial charge in [-0.2, -0.15) is 4.37 Å². The molecule has 1 aromatic rings. The summed E-state index contributed by atoms with van der Waals surface area (Å²) in [6, 6.07) is 0. The molecular formula is C9H15N3O3S. The van der Waals surface area contributed by atoms with Gasteiger partial charge in [0.05, 0.1) is 13.7 Å². The Kier molecular flexibility index (Phi) is 5.00. The molecule has 1 aromatic heterocycles. The third-order valence-corrected chi connectivity index (χ3v) is 2.66. The maximum absolute atomic E-state index is 11.4. The fraction of sp³-hybridized carbons (Fsp3) is 0.556. The Morgan fingerprint density at radius 3 is 3.00 bits per heavy atom. The molecule has 90 valence electrons. The van der Waals surface area contributed by atoms with Crippen LogP contribution in [-0.2, 0) is 9.47 Å². The third-order valence-electron chi connectivity index (χ3n) is 1.84. The van der Waals surface area contributed by atoms with Crippen LogP contribution >= 0.6 is 11.5 Å². The van der Waals surface area contributed by atoms with Crippen molar-refractivity contribution < 1.29 is 14.3 Å². The van der Waals surface area contributed by atoms with Gasteiger partial charge in [0.2, 0.25) is 0 Å². The molecule has 3 N–H and O–H groups in total. The van der Waals surface area contributed by atoms with Crippen LogP contribution in [0.3, 0.4) is 0 Å². The molecule has 6 nitrogen and oxygen atoms in total. The van der Waals surface area contributed by atoms with E-state index in [1.54, 1.807) is 0 Å². The Morgan fingerprint density at radius 2 is 2.38 bits per heavy atom. The topological polar surface area (TPSA) is 86.5 Å². The maximum Gasteiger partial charge on any atom is 0.344 e. The maximum atomic E-state index is 11.4. The normalized spacial score (nSPS) is 10.1. The molecule has 16 heavy (non-hydrogen) atoms. The lowest BCUT2D eigenvalue weighted by Crippen LogP contribution is -2.12. The Hall–Kier alpha value is -1.34. The van der Waals surface area contributed by atoms with Crippen molar-refractivity contribution in [3.63, 3.8) is 0 Å². The lowest BCUT2D eigenvalue weighted by Gasteiger charge is -2.05. The molecule has 0 radical (unpaired) electrons. The molecule has 1 heterocycles. The first kappa shape index (κ1) is 12.7. The van der Waals surface area contributed by atoms with Crippen molar-refractivity contribution in [1.29, 1.82) is 0 Å². The van der Waals surface area contributed by atoms with Gasteiger partial charge in [-0.15, -0.1) is 0 Å². The minimum Gasteiger partial charge on any atom is -0.465 e. The van der Waals surface area contributed by atoms with Crippen LogP contribution in [0.15, 0.2) is 0 Å². The number of hydrogen-bond donors (Lipinski definition) is 2. The van der Waals surface area contributed by atoms with Crippen LogP contribution in [0.5, 0.6) is 0 Å². The number of rotatable bonds is 6. The highest BCUT2D eigenvalue weighted by atomic mass is 32.1. The molecule has 1 rings (SSSR count). The highest BCUT2D eigenvalue weighted by Crippen LogP contribution is 2.26. The minimum atomic E-state index is -0.481. The molecule has 0 aliphatic rings. The summed E-state index contributed by atoms with van der Waals surface area (Å²) in [5.74, 6) is -0.291. The molecule has 0 saturated heterocycles. The summed E-state index contributed by atoms with van der Waals surface area (Å²) in [6.45, 7) is 3.75. The number of anilines is 2. The van der Waals surface area contributed by atoms with E-state index in [9.17, 15) is 4.79 Å². The molecule has 7 heteroatoms. The molecule has 0 spiro atoms. The van der Waals surface area contributed by atoms with E-state index in [1.807, 2.05) is 6.92 Å². The molecule has 0 unspecified atom stereocenters. The molecule has 0 fully saturated rings. The molecular weight excluding hydrogens is 230 g/mol. The van der Waals surface area contributed by atoms with E-state index >= 15 is 0 Å². The number of esters is 1. The quantitative estimate of drug-likeness (QED) is 0.573. The number of nitrogen functional groups attached to an aromatic ring is 1. The summed E-state index contributed by atoms with van der Waals surface area (Å²) >= 11 is 1.14. The molecule has 0 amide bonds. The second-order valence-electron chi connectivity index (χ2n) is 2.89. The Bertz CT molecular complexity index is 354. The Morgan fingerprint density at radius 1 is 1.62 bits per heavy atom. The summed E-state index contributed by atoms with van der Waals surface area (Å²) in [4.78, 5) is 11.4. The third kappa shape index (κ3) is 3.07. The summed E-state index contributed by atoms with van der Waals surface area (Å²) in [6.07, 6.45) is 0. The van der Waals surface area contributed by atoms with Crippen LogP contribution in [0.2, 0.25) is 0 Å². The second-order valence-corrected chi connectivity index (χ2v) is 3.66. The van der Waals surface area contributed by atoms with Crippen LogP contribution in [0, 0.1) is 0 Å². The highest BCUT2D eigenvalue weighted by Gasteiger charge is 2.19. The van der Waals surface area contributed by atoms with Gasteiger partial charge < -0.3 is 20.5 Å². The van der Waals surface area contributed by atoms with Crippen molar-refractivity contribution in [3.8, 4) is 0 Å². The monoisotopic (exact) mass is 245 g/mol. The number of methoxy groups -OCH3 is 1. The van der Waals surface area contributed by atoms with Gasteiger partial charge in [-0.3, -0.25) is 0 Å². The molecule has 0 aliphatic carbocycles. The Balaban J connectivity index is 2.62. The first-order chi connectivity index (χ1) is 7.70. The van der Waals surface area contributed by atoms with Gasteiger partial charge in [0.25, 0.3) is 0 Å². The zero-order valence-corrected chi connectivity index (χ0v) is 10.1. The van der Waals surface area contributed by atoms with Crippen LogP contribution in [-0.4, -0.2) is 37.2 Å². The number of carbonyl (C=O) groups excluding carboxylic acids is 1. The van der Waals surface area contributed by atoms with E-state index < -0.39 is 5.97 Å². The van der Waals surface area contributed by atoms with Gasteiger partial charge in [0, 0.05) is 13.2 Å². The number of carbonyl (C=O) groups is 1. The predicted molar refractivity (Wildman–Crippen MR) is 62.8 cm³/mol. The highest BCUT2D eigenvalue weighted by molar-refractivity contribution is 7.11.